The van der Waals surface area contributed by atoms with E-state index in [1.165, 1.54) is 26.0 Å². The number of carbonyl (C=O) groups excluding carboxylic acids is 4. The van der Waals surface area contributed by atoms with E-state index in [0.29, 0.717) is 39.6 Å². The highest BCUT2D eigenvalue weighted by atomic mass is 16.5. The lowest BCUT2D eigenvalue weighted by molar-refractivity contribution is -0.141. The van der Waals surface area contributed by atoms with E-state index in [9.17, 15) is 19.2 Å². The van der Waals surface area contributed by atoms with Crippen LogP contribution in [0, 0.1) is 6.92 Å². The van der Waals surface area contributed by atoms with Gasteiger partial charge in [0.1, 0.15) is 5.75 Å². The van der Waals surface area contributed by atoms with Gasteiger partial charge in [-0.15, -0.1) is 0 Å². The molecule has 4 aromatic carbocycles. The summed E-state index contributed by atoms with van der Waals surface area (Å²) in [6.07, 6.45) is -0.0755. The molecule has 4 aromatic rings. The third kappa shape index (κ3) is 7.80. The van der Waals surface area contributed by atoms with Gasteiger partial charge in [0.2, 0.25) is 5.91 Å². The van der Waals surface area contributed by atoms with Crippen LogP contribution in [0.3, 0.4) is 0 Å². The number of para-hydroxylation sites is 1. The Balaban J connectivity index is 1.55. The summed E-state index contributed by atoms with van der Waals surface area (Å²) in [6.45, 7) is 3.33. The molecule has 0 aliphatic heterocycles. The topological polar surface area (TPSA) is 126 Å². The molecular formula is C34H34N4O6. The molecule has 44 heavy (non-hydrogen) atoms. The molecule has 10 heteroatoms. The molecule has 0 saturated carbocycles. The van der Waals surface area contributed by atoms with E-state index in [0.717, 1.165) is 5.56 Å². The van der Waals surface area contributed by atoms with Gasteiger partial charge in [-0.1, -0.05) is 48.5 Å². The van der Waals surface area contributed by atoms with E-state index in [1.54, 1.807) is 72.8 Å². The summed E-state index contributed by atoms with van der Waals surface area (Å²) in [7, 11) is 2.76. The molecule has 0 saturated heterocycles. The molecule has 0 heterocycles. The maximum absolute atomic E-state index is 12.9. The van der Waals surface area contributed by atoms with Crippen LogP contribution in [0.5, 0.6) is 5.75 Å². The van der Waals surface area contributed by atoms with Crippen molar-refractivity contribution >= 4 is 46.6 Å². The first kappa shape index (κ1) is 31.3. The zero-order valence-corrected chi connectivity index (χ0v) is 24.9. The number of amides is 4. The van der Waals surface area contributed by atoms with Crippen LogP contribution in [-0.4, -0.2) is 38.0 Å². The van der Waals surface area contributed by atoms with Gasteiger partial charge >= 0.3 is 12.0 Å². The molecule has 0 unspecified atom stereocenters. The van der Waals surface area contributed by atoms with Crippen LogP contribution in [0.25, 0.3) is 0 Å². The second-order valence-electron chi connectivity index (χ2n) is 9.90. The summed E-state index contributed by atoms with van der Waals surface area (Å²) in [5.74, 6) is -0.720. The average molecular weight is 595 g/mol. The molecule has 0 aromatic heterocycles. The third-order valence-electron chi connectivity index (χ3n) is 6.89. The average Bonchev–Trinajstić information content (AvgIpc) is 3.03. The van der Waals surface area contributed by atoms with Crippen LogP contribution < -0.4 is 25.6 Å². The number of hydrogen-bond donors (Lipinski definition) is 3. The second kappa shape index (κ2) is 14.5. The van der Waals surface area contributed by atoms with Crippen molar-refractivity contribution in [1.29, 1.82) is 0 Å². The van der Waals surface area contributed by atoms with Crippen molar-refractivity contribution in [2.24, 2.45) is 0 Å². The van der Waals surface area contributed by atoms with E-state index in [1.807, 2.05) is 31.2 Å². The molecule has 4 amide bonds. The lowest BCUT2D eigenvalue weighted by Crippen LogP contribution is -2.30. The maximum Gasteiger partial charge on any atom is 0.323 e. The molecule has 0 fully saturated rings. The highest BCUT2D eigenvalue weighted by Crippen LogP contribution is 2.34. The number of nitrogens with one attached hydrogen (secondary N) is 3. The molecule has 0 aliphatic rings. The molecular weight excluding hydrogens is 560 g/mol. The number of anilines is 4. The van der Waals surface area contributed by atoms with Crippen molar-refractivity contribution in [2.75, 3.05) is 29.8 Å². The molecule has 226 valence electrons. The number of esters is 1. The Morgan fingerprint density at radius 1 is 0.773 bits per heavy atom. The Hall–Kier alpha value is -5.64. The highest BCUT2D eigenvalue weighted by molar-refractivity contribution is 6.03. The van der Waals surface area contributed by atoms with Crippen molar-refractivity contribution in [3.05, 3.63) is 114 Å². The number of hydrogen-bond acceptors (Lipinski definition) is 6. The SMILES string of the molecule is COC(=O)C[C@@H](NC(=O)c1ccccc1)c1ccc(N(C(C)=O)c2ccc(NC(=O)Nc3ccccc3C)c(OC)c2)cc1. The van der Waals surface area contributed by atoms with Crippen molar-refractivity contribution in [2.45, 2.75) is 26.3 Å². The molecule has 4 rings (SSSR count). The molecule has 0 aliphatic carbocycles. The Labute approximate surface area is 256 Å². The third-order valence-corrected chi connectivity index (χ3v) is 6.89. The largest absolute Gasteiger partial charge is 0.494 e. The van der Waals surface area contributed by atoms with Crippen molar-refractivity contribution in [1.82, 2.24) is 5.32 Å². The monoisotopic (exact) mass is 594 g/mol. The number of methoxy groups -OCH3 is 2. The smallest absolute Gasteiger partial charge is 0.323 e. The van der Waals surface area contributed by atoms with Crippen molar-refractivity contribution < 1.29 is 28.7 Å². The minimum absolute atomic E-state index is 0.0755. The molecule has 3 N–H and O–H groups in total. The Kier molecular flexibility index (Phi) is 10.3. The van der Waals surface area contributed by atoms with Gasteiger partial charge in [0.15, 0.2) is 0 Å². The molecule has 0 bridgehead atoms. The lowest BCUT2D eigenvalue weighted by Gasteiger charge is -2.24. The summed E-state index contributed by atoms with van der Waals surface area (Å²) in [5, 5.41) is 8.50. The van der Waals surface area contributed by atoms with Gasteiger partial charge in [-0.2, -0.15) is 0 Å². The number of carbonyl (C=O) groups is 4. The number of rotatable bonds is 10. The van der Waals surface area contributed by atoms with Gasteiger partial charge in [-0.3, -0.25) is 19.3 Å². The number of nitrogens with zero attached hydrogens (tertiary/aromatic N) is 1. The Morgan fingerprint density at radius 2 is 1.41 bits per heavy atom. The van der Waals surface area contributed by atoms with Gasteiger partial charge in [-0.25, -0.2) is 4.79 Å². The van der Waals surface area contributed by atoms with E-state index < -0.39 is 18.0 Å². The van der Waals surface area contributed by atoms with Crippen LogP contribution in [0.1, 0.15) is 40.9 Å². The summed E-state index contributed by atoms with van der Waals surface area (Å²) >= 11 is 0. The highest BCUT2D eigenvalue weighted by Gasteiger charge is 2.22. The summed E-state index contributed by atoms with van der Waals surface area (Å²) in [5.41, 5.74) is 4.19. The number of aryl methyl sites for hydroxylation is 1. The van der Waals surface area contributed by atoms with Crippen LogP contribution >= 0.6 is 0 Å². The lowest BCUT2D eigenvalue weighted by atomic mass is 10.0. The number of ether oxygens (including phenoxy) is 2. The molecule has 0 radical (unpaired) electrons. The first-order valence-corrected chi connectivity index (χ1v) is 13.8. The zero-order chi connectivity index (χ0) is 31.6. The first-order chi connectivity index (χ1) is 21.2. The minimum atomic E-state index is -0.661. The summed E-state index contributed by atoms with van der Waals surface area (Å²) in [4.78, 5) is 52.0. The van der Waals surface area contributed by atoms with Gasteiger partial charge in [0, 0.05) is 29.9 Å². The first-order valence-electron chi connectivity index (χ1n) is 13.8. The van der Waals surface area contributed by atoms with Crippen LogP contribution in [-0.2, 0) is 14.3 Å². The minimum Gasteiger partial charge on any atom is -0.494 e. The molecule has 10 nitrogen and oxygen atoms in total. The van der Waals surface area contributed by atoms with Crippen LogP contribution in [0.4, 0.5) is 27.5 Å². The van der Waals surface area contributed by atoms with Crippen LogP contribution in [0.15, 0.2) is 97.1 Å². The standard InChI is InChI=1S/C34H34N4O6/c1-22-10-8-9-13-28(22)36-34(42)37-29-19-18-27(20-31(29)43-3)38(23(2)39)26-16-14-24(15-17-26)30(21-32(40)44-4)35-33(41)25-11-6-5-7-12-25/h5-20,30H,21H2,1-4H3,(H,35,41)(H2,36,37,42)/t30-/m1/s1. The fourth-order valence-corrected chi connectivity index (χ4v) is 4.61. The quantitative estimate of drug-likeness (QED) is 0.183. The Morgan fingerprint density at radius 3 is 2.05 bits per heavy atom. The van der Waals surface area contributed by atoms with Gasteiger partial charge in [0.25, 0.3) is 5.91 Å². The van der Waals surface area contributed by atoms with E-state index in [4.69, 9.17) is 9.47 Å². The Bertz CT molecular complexity index is 1640. The fourth-order valence-electron chi connectivity index (χ4n) is 4.61. The number of benzene rings is 4. The van der Waals surface area contributed by atoms with E-state index in [2.05, 4.69) is 16.0 Å². The van der Waals surface area contributed by atoms with Crippen molar-refractivity contribution in [3.63, 3.8) is 0 Å². The zero-order valence-electron chi connectivity index (χ0n) is 24.9. The van der Waals surface area contributed by atoms with E-state index in [-0.39, 0.29) is 18.2 Å². The summed E-state index contributed by atoms with van der Waals surface area (Å²) < 4.78 is 10.4. The number of urea groups is 1. The second-order valence-corrected chi connectivity index (χ2v) is 9.90. The van der Waals surface area contributed by atoms with E-state index >= 15 is 0 Å². The fraction of sp³-hybridized carbons (Fsp3) is 0.176. The van der Waals surface area contributed by atoms with Gasteiger partial charge in [0.05, 0.1) is 38.1 Å². The van der Waals surface area contributed by atoms with Crippen LogP contribution in [0.2, 0.25) is 0 Å². The predicted octanol–water partition coefficient (Wildman–Crippen LogP) is 6.37. The normalized spacial score (nSPS) is 11.1. The molecule has 0 spiro atoms. The maximum atomic E-state index is 12.9. The summed E-state index contributed by atoms with van der Waals surface area (Å²) in [6, 6.07) is 27.0. The van der Waals surface area contributed by atoms with Gasteiger partial charge < -0.3 is 25.4 Å². The van der Waals surface area contributed by atoms with Gasteiger partial charge in [-0.05, 0) is 60.5 Å². The van der Waals surface area contributed by atoms with Crippen molar-refractivity contribution in [3.8, 4) is 5.75 Å². The molecule has 1 atom stereocenters. The predicted molar refractivity (Wildman–Crippen MR) is 169 cm³/mol.